The molecule has 0 spiro atoms. The van der Waals surface area contributed by atoms with Crippen LogP contribution in [0.25, 0.3) is 5.69 Å². The number of benzene rings is 2. The Morgan fingerprint density at radius 3 is 2.42 bits per heavy atom. The number of alkyl halides is 3. The molecular formula is C22H20F3N3O3. The number of aromatic nitrogens is 2. The molecule has 31 heavy (non-hydrogen) atoms. The summed E-state index contributed by atoms with van der Waals surface area (Å²) >= 11 is 0. The van der Waals surface area contributed by atoms with Crippen LogP contribution in [0.4, 0.5) is 13.2 Å². The van der Waals surface area contributed by atoms with Gasteiger partial charge in [-0.2, -0.15) is 5.10 Å². The Hall–Kier alpha value is -3.49. The molecule has 2 aromatic carbocycles. The largest absolute Gasteiger partial charge is 0.573 e. The van der Waals surface area contributed by atoms with Crippen molar-refractivity contribution < 1.29 is 27.4 Å². The SMILES string of the molecule is COc1ccc(-n2ncc3c2CCCC3NC(=O)c2ccc(OC(F)(F)F)cc2)cc1. The highest BCUT2D eigenvalue weighted by Crippen LogP contribution is 2.32. The standard InChI is InChI=1S/C22H20F3N3O3/c1-30-16-11-7-15(8-12-16)28-20-4-2-3-19(18(20)13-26-28)27-21(29)14-5-9-17(10-6-14)31-22(23,24)25/h5-13,19H,2-4H2,1H3,(H,27,29). The van der Waals surface area contributed by atoms with Crippen molar-refractivity contribution in [1.29, 1.82) is 0 Å². The molecule has 1 amide bonds. The van der Waals surface area contributed by atoms with Crippen molar-refractivity contribution in [2.45, 2.75) is 31.7 Å². The Labute approximate surface area is 176 Å². The summed E-state index contributed by atoms with van der Waals surface area (Å²) in [6.45, 7) is 0. The number of hydrogen-bond acceptors (Lipinski definition) is 4. The van der Waals surface area contributed by atoms with Crippen LogP contribution in [0.2, 0.25) is 0 Å². The van der Waals surface area contributed by atoms with Gasteiger partial charge in [-0.15, -0.1) is 13.2 Å². The van der Waals surface area contributed by atoms with Gasteiger partial charge in [-0.1, -0.05) is 0 Å². The fourth-order valence-corrected chi connectivity index (χ4v) is 3.70. The van der Waals surface area contributed by atoms with E-state index in [2.05, 4.69) is 15.2 Å². The van der Waals surface area contributed by atoms with Crippen LogP contribution >= 0.6 is 0 Å². The van der Waals surface area contributed by atoms with E-state index in [9.17, 15) is 18.0 Å². The number of rotatable bonds is 5. The van der Waals surface area contributed by atoms with E-state index in [4.69, 9.17) is 4.74 Å². The molecule has 1 heterocycles. The van der Waals surface area contributed by atoms with E-state index in [0.29, 0.717) is 0 Å². The van der Waals surface area contributed by atoms with Crippen molar-refractivity contribution in [3.63, 3.8) is 0 Å². The zero-order chi connectivity index (χ0) is 22.0. The normalized spacial score (nSPS) is 15.8. The first kappa shape index (κ1) is 20.8. The van der Waals surface area contributed by atoms with E-state index < -0.39 is 6.36 Å². The van der Waals surface area contributed by atoms with Crippen molar-refractivity contribution in [2.24, 2.45) is 0 Å². The summed E-state index contributed by atoms with van der Waals surface area (Å²) in [5.41, 5.74) is 3.11. The van der Waals surface area contributed by atoms with Crippen molar-refractivity contribution in [3.8, 4) is 17.2 Å². The van der Waals surface area contributed by atoms with E-state index in [-0.39, 0.29) is 23.3 Å². The number of carbonyl (C=O) groups is 1. The summed E-state index contributed by atoms with van der Waals surface area (Å²) in [6, 6.07) is 12.2. The first-order chi connectivity index (χ1) is 14.8. The van der Waals surface area contributed by atoms with Crippen LogP contribution < -0.4 is 14.8 Å². The lowest BCUT2D eigenvalue weighted by Gasteiger charge is -2.24. The van der Waals surface area contributed by atoms with E-state index >= 15 is 0 Å². The van der Waals surface area contributed by atoms with Gasteiger partial charge in [-0.05, 0) is 67.8 Å². The molecule has 0 aliphatic heterocycles. The number of carbonyl (C=O) groups excluding carboxylic acids is 1. The molecule has 1 aromatic heterocycles. The second-order valence-corrected chi connectivity index (χ2v) is 7.15. The molecule has 1 aliphatic carbocycles. The van der Waals surface area contributed by atoms with E-state index in [1.54, 1.807) is 13.3 Å². The van der Waals surface area contributed by atoms with Gasteiger partial charge >= 0.3 is 6.36 Å². The quantitative estimate of drug-likeness (QED) is 0.642. The Bertz CT molecular complexity index is 1060. The second-order valence-electron chi connectivity index (χ2n) is 7.15. The first-order valence-corrected chi connectivity index (χ1v) is 9.72. The smallest absolute Gasteiger partial charge is 0.497 e. The lowest BCUT2D eigenvalue weighted by molar-refractivity contribution is -0.274. The van der Waals surface area contributed by atoms with Gasteiger partial charge in [0.05, 0.1) is 25.0 Å². The molecule has 6 nitrogen and oxygen atoms in total. The summed E-state index contributed by atoms with van der Waals surface area (Å²) in [4.78, 5) is 12.7. The van der Waals surface area contributed by atoms with E-state index in [1.807, 2.05) is 28.9 Å². The highest BCUT2D eigenvalue weighted by molar-refractivity contribution is 5.94. The highest BCUT2D eigenvalue weighted by atomic mass is 19.4. The molecule has 9 heteroatoms. The van der Waals surface area contributed by atoms with Gasteiger partial charge in [0, 0.05) is 16.8 Å². The third-order valence-electron chi connectivity index (χ3n) is 5.16. The average molecular weight is 431 g/mol. The summed E-state index contributed by atoms with van der Waals surface area (Å²) in [5.74, 6) is 0.0138. The number of nitrogens with one attached hydrogen (secondary N) is 1. The molecule has 0 radical (unpaired) electrons. The number of hydrogen-bond donors (Lipinski definition) is 1. The summed E-state index contributed by atoms with van der Waals surface area (Å²) in [7, 11) is 1.61. The molecule has 1 atom stereocenters. The maximum atomic E-state index is 12.7. The van der Waals surface area contributed by atoms with Gasteiger partial charge in [0.25, 0.3) is 5.91 Å². The van der Waals surface area contributed by atoms with Crippen LogP contribution in [0.5, 0.6) is 11.5 Å². The van der Waals surface area contributed by atoms with E-state index in [0.717, 1.165) is 54.1 Å². The lowest BCUT2D eigenvalue weighted by atomic mass is 9.92. The van der Waals surface area contributed by atoms with Gasteiger partial charge in [0.1, 0.15) is 11.5 Å². The number of amides is 1. The monoisotopic (exact) mass is 431 g/mol. The van der Waals surface area contributed by atoms with Crippen LogP contribution in [0, 0.1) is 0 Å². The summed E-state index contributed by atoms with van der Waals surface area (Å²) in [6.07, 6.45) is -0.562. The number of nitrogens with zero attached hydrogens (tertiary/aromatic N) is 2. The third-order valence-corrected chi connectivity index (χ3v) is 5.16. The molecule has 1 aliphatic rings. The molecule has 162 valence electrons. The van der Waals surface area contributed by atoms with Crippen molar-refractivity contribution in [1.82, 2.24) is 15.1 Å². The molecular weight excluding hydrogens is 411 g/mol. The zero-order valence-electron chi connectivity index (χ0n) is 16.6. The second kappa shape index (κ2) is 8.33. The Morgan fingerprint density at radius 2 is 1.77 bits per heavy atom. The van der Waals surface area contributed by atoms with Gasteiger partial charge in [-0.25, -0.2) is 4.68 Å². The van der Waals surface area contributed by atoms with Crippen LogP contribution in [-0.4, -0.2) is 29.2 Å². The first-order valence-electron chi connectivity index (χ1n) is 9.72. The fourth-order valence-electron chi connectivity index (χ4n) is 3.70. The number of halogens is 3. The summed E-state index contributed by atoms with van der Waals surface area (Å²) < 4.78 is 47.8. The van der Waals surface area contributed by atoms with Crippen molar-refractivity contribution >= 4 is 5.91 Å². The Kier molecular flexibility index (Phi) is 5.58. The van der Waals surface area contributed by atoms with Crippen LogP contribution in [-0.2, 0) is 6.42 Å². The van der Waals surface area contributed by atoms with Gasteiger partial charge in [0.2, 0.25) is 0 Å². The molecule has 1 N–H and O–H groups in total. The van der Waals surface area contributed by atoms with Crippen molar-refractivity contribution in [2.75, 3.05) is 7.11 Å². The highest BCUT2D eigenvalue weighted by Gasteiger charge is 2.31. The molecule has 3 aromatic rings. The zero-order valence-corrected chi connectivity index (χ0v) is 16.6. The predicted octanol–water partition coefficient (Wildman–Crippen LogP) is 4.59. The minimum absolute atomic E-state index is 0.227. The molecule has 0 bridgehead atoms. The third kappa shape index (κ3) is 4.65. The maximum absolute atomic E-state index is 12.7. The molecule has 1 unspecified atom stereocenters. The predicted molar refractivity (Wildman–Crippen MR) is 106 cm³/mol. The Balaban J connectivity index is 1.49. The number of ether oxygens (including phenoxy) is 2. The lowest BCUT2D eigenvalue weighted by Crippen LogP contribution is -2.31. The molecule has 0 saturated heterocycles. The van der Waals surface area contributed by atoms with Gasteiger partial charge in [0.15, 0.2) is 0 Å². The maximum Gasteiger partial charge on any atom is 0.573 e. The fraction of sp³-hybridized carbons (Fsp3) is 0.273. The minimum Gasteiger partial charge on any atom is -0.497 e. The van der Waals surface area contributed by atoms with Crippen LogP contribution in [0.1, 0.15) is 40.5 Å². The van der Waals surface area contributed by atoms with Gasteiger partial charge in [-0.3, -0.25) is 4.79 Å². The number of methoxy groups -OCH3 is 1. The minimum atomic E-state index is -4.77. The average Bonchev–Trinajstić information content (AvgIpc) is 3.18. The topological polar surface area (TPSA) is 65.4 Å². The Morgan fingerprint density at radius 1 is 1.10 bits per heavy atom. The van der Waals surface area contributed by atoms with Gasteiger partial charge < -0.3 is 14.8 Å². The summed E-state index contributed by atoms with van der Waals surface area (Å²) in [5, 5.41) is 7.47. The molecule has 0 fully saturated rings. The van der Waals surface area contributed by atoms with Crippen molar-refractivity contribution in [3.05, 3.63) is 71.5 Å². The van der Waals surface area contributed by atoms with Crippen LogP contribution in [0.15, 0.2) is 54.7 Å². The van der Waals surface area contributed by atoms with E-state index in [1.165, 1.54) is 12.1 Å². The molecule has 4 rings (SSSR count). The van der Waals surface area contributed by atoms with Crippen LogP contribution in [0.3, 0.4) is 0 Å². The molecule has 0 saturated carbocycles. The number of fused-ring (bicyclic) bond motifs is 1.